The molecule has 0 aromatic heterocycles. The molecule has 0 saturated heterocycles. The molecule has 0 bridgehead atoms. The summed E-state index contributed by atoms with van der Waals surface area (Å²) in [6, 6.07) is 8.36. The van der Waals surface area contributed by atoms with Crippen LogP contribution in [0.1, 0.15) is 17.2 Å². The minimum absolute atomic E-state index is 0.282. The largest absolute Gasteiger partial charge is 0.383 e. The molecule has 0 aliphatic rings. The fraction of sp³-hybridized carbons (Fsp3) is 0.0769. The lowest BCUT2D eigenvalue weighted by molar-refractivity contribution is 0.209. The molecule has 1 unspecified atom stereocenters. The van der Waals surface area contributed by atoms with Crippen molar-refractivity contribution in [1.29, 1.82) is 0 Å². The van der Waals surface area contributed by atoms with Crippen LogP contribution in [0.4, 0.5) is 8.78 Å². The molecule has 18 heavy (non-hydrogen) atoms. The second-order valence-corrected chi connectivity index (χ2v) is 5.09. The molecule has 0 fully saturated rings. The predicted molar refractivity (Wildman–Crippen MR) is 69.6 cm³/mol. The fourth-order valence-electron chi connectivity index (χ4n) is 1.63. The maximum Gasteiger partial charge on any atom is 0.133 e. The van der Waals surface area contributed by atoms with Crippen LogP contribution in [0, 0.1) is 11.6 Å². The lowest BCUT2D eigenvalue weighted by Gasteiger charge is -2.13. The Hall–Kier alpha value is -0.970. The maximum atomic E-state index is 13.7. The fourth-order valence-corrected chi connectivity index (χ4v) is 2.15. The van der Waals surface area contributed by atoms with E-state index < -0.39 is 17.7 Å². The van der Waals surface area contributed by atoms with E-state index in [2.05, 4.69) is 15.9 Å². The average Bonchev–Trinajstić information content (AvgIpc) is 2.28. The zero-order chi connectivity index (χ0) is 13.3. The highest BCUT2D eigenvalue weighted by atomic mass is 79.9. The lowest BCUT2D eigenvalue weighted by atomic mass is 10.0. The summed E-state index contributed by atoms with van der Waals surface area (Å²) in [4.78, 5) is 0. The Morgan fingerprint density at radius 3 is 2.06 bits per heavy atom. The van der Waals surface area contributed by atoms with E-state index in [0.717, 1.165) is 12.1 Å². The van der Waals surface area contributed by atoms with Crippen molar-refractivity contribution in [2.75, 3.05) is 0 Å². The van der Waals surface area contributed by atoms with Crippen LogP contribution in [0.5, 0.6) is 0 Å². The van der Waals surface area contributed by atoms with Crippen LogP contribution in [-0.2, 0) is 0 Å². The van der Waals surface area contributed by atoms with Crippen molar-refractivity contribution in [2.24, 2.45) is 0 Å². The number of rotatable bonds is 2. The normalized spacial score (nSPS) is 12.5. The molecule has 0 spiro atoms. The Kier molecular flexibility index (Phi) is 4.00. The van der Waals surface area contributed by atoms with Gasteiger partial charge in [-0.25, -0.2) is 8.78 Å². The van der Waals surface area contributed by atoms with Gasteiger partial charge in [0.15, 0.2) is 0 Å². The molecule has 0 amide bonds. The van der Waals surface area contributed by atoms with Gasteiger partial charge in [-0.3, -0.25) is 0 Å². The van der Waals surface area contributed by atoms with Gasteiger partial charge in [-0.1, -0.05) is 39.7 Å². The summed E-state index contributed by atoms with van der Waals surface area (Å²) in [6.07, 6.45) is -1.37. The van der Waals surface area contributed by atoms with Crippen molar-refractivity contribution in [2.45, 2.75) is 6.10 Å². The maximum absolute atomic E-state index is 13.7. The molecule has 5 heteroatoms. The molecule has 1 N–H and O–H groups in total. The summed E-state index contributed by atoms with van der Waals surface area (Å²) in [6.45, 7) is 0. The molecule has 0 radical (unpaired) electrons. The first-order valence-corrected chi connectivity index (χ1v) is 6.24. The van der Waals surface area contributed by atoms with Gasteiger partial charge in [0.1, 0.15) is 17.7 Å². The third-order valence-electron chi connectivity index (χ3n) is 2.50. The Balaban J connectivity index is 2.46. The molecule has 2 aromatic carbocycles. The van der Waals surface area contributed by atoms with E-state index in [9.17, 15) is 13.9 Å². The smallest absolute Gasteiger partial charge is 0.133 e. The van der Waals surface area contributed by atoms with Crippen molar-refractivity contribution < 1.29 is 13.9 Å². The third kappa shape index (κ3) is 2.71. The number of hydrogen-bond acceptors (Lipinski definition) is 1. The van der Waals surface area contributed by atoms with Crippen molar-refractivity contribution in [3.05, 3.63) is 68.7 Å². The Labute approximate surface area is 116 Å². The number of hydrogen-bond donors (Lipinski definition) is 1. The van der Waals surface area contributed by atoms with E-state index >= 15 is 0 Å². The van der Waals surface area contributed by atoms with E-state index in [0.29, 0.717) is 10.6 Å². The molecule has 1 nitrogen and oxygen atoms in total. The average molecular weight is 334 g/mol. The van der Waals surface area contributed by atoms with E-state index in [1.54, 1.807) is 12.1 Å². The van der Waals surface area contributed by atoms with Crippen LogP contribution >= 0.6 is 27.5 Å². The minimum atomic E-state index is -1.37. The molecule has 0 saturated carbocycles. The molecule has 0 aliphatic heterocycles. The molecule has 0 heterocycles. The third-order valence-corrected chi connectivity index (χ3v) is 3.21. The van der Waals surface area contributed by atoms with Gasteiger partial charge in [-0.2, -0.15) is 0 Å². The Morgan fingerprint density at radius 1 is 1.06 bits per heavy atom. The summed E-state index contributed by atoms with van der Waals surface area (Å²) >= 11 is 8.69. The zero-order valence-electron chi connectivity index (χ0n) is 9.00. The topological polar surface area (TPSA) is 20.2 Å². The number of halogens is 4. The van der Waals surface area contributed by atoms with Gasteiger partial charge in [0.2, 0.25) is 0 Å². The zero-order valence-corrected chi connectivity index (χ0v) is 11.3. The molecule has 2 rings (SSSR count). The lowest BCUT2D eigenvalue weighted by Crippen LogP contribution is -2.05. The highest BCUT2D eigenvalue weighted by molar-refractivity contribution is 9.10. The van der Waals surface area contributed by atoms with E-state index in [-0.39, 0.29) is 10.0 Å². The molecule has 2 aromatic rings. The number of aliphatic hydroxyl groups excluding tert-OH is 1. The highest BCUT2D eigenvalue weighted by Crippen LogP contribution is 2.29. The van der Waals surface area contributed by atoms with E-state index in [1.807, 2.05) is 0 Å². The van der Waals surface area contributed by atoms with Gasteiger partial charge in [0, 0.05) is 9.50 Å². The van der Waals surface area contributed by atoms with Gasteiger partial charge in [0.25, 0.3) is 0 Å². The molecule has 1 atom stereocenters. The second-order valence-electron chi connectivity index (χ2n) is 3.74. The van der Waals surface area contributed by atoms with Crippen LogP contribution in [0.25, 0.3) is 0 Å². The summed E-state index contributed by atoms with van der Waals surface area (Å²) in [5.74, 6) is -1.60. The SMILES string of the molecule is OC(c1ccc(Cl)cc1)c1c(F)cc(Br)cc1F. The van der Waals surface area contributed by atoms with Crippen LogP contribution < -0.4 is 0 Å². The Bertz CT molecular complexity index is 549. The van der Waals surface area contributed by atoms with Crippen LogP contribution in [-0.4, -0.2) is 5.11 Å². The predicted octanol–water partition coefficient (Wildman–Crippen LogP) is 4.46. The van der Waals surface area contributed by atoms with Crippen molar-refractivity contribution >= 4 is 27.5 Å². The van der Waals surface area contributed by atoms with Crippen molar-refractivity contribution in [3.8, 4) is 0 Å². The number of aliphatic hydroxyl groups is 1. The minimum Gasteiger partial charge on any atom is -0.383 e. The van der Waals surface area contributed by atoms with Crippen LogP contribution in [0.2, 0.25) is 5.02 Å². The first-order chi connectivity index (χ1) is 8.49. The van der Waals surface area contributed by atoms with Crippen LogP contribution in [0.15, 0.2) is 40.9 Å². The first-order valence-electron chi connectivity index (χ1n) is 5.07. The molecular weight excluding hydrogens is 325 g/mol. The van der Waals surface area contributed by atoms with E-state index in [1.165, 1.54) is 12.1 Å². The summed E-state index contributed by atoms with van der Waals surface area (Å²) < 4.78 is 27.6. The molecular formula is C13H8BrClF2O. The van der Waals surface area contributed by atoms with Crippen molar-refractivity contribution in [3.63, 3.8) is 0 Å². The standard InChI is InChI=1S/C13H8BrClF2O/c14-8-5-10(16)12(11(17)6-8)13(18)7-1-3-9(15)4-2-7/h1-6,13,18H. The van der Waals surface area contributed by atoms with Crippen LogP contribution in [0.3, 0.4) is 0 Å². The Morgan fingerprint density at radius 2 is 1.56 bits per heavy atom. The van der Waals surface area contributed by atoms with Crippen molar-refractivity contribution in [1.82, 2.24) is 0 Å². The second kappa shape index (κ2) is 5.34. The summed E-state index contributed by atoms with van der Waals surface area (Å²) in [7, 11) is 0. The van der Waals surface area contributed by atoms with Gasteiger partial charge in [0.05, 0.1) is 5.56 Å². The molecule has 94 valence electrons. The monoisotopic (exact) mass is 332 g/mol. The van der Waals surface area contributed by atoms with Gasteiger partial charge < -0.3 is 5.11 Å². The summed E-state index contributed by atoms with van der Waals surface area (Å²) in [5, 5.41) is 10.5. The summed E-state index contributed by atoms with van der Waals surface area (Å²) in [5.41, 5.74) is 0.0000416. The van der Waals surface area contributed by atoms with E-state index in [4.69, 9.17) is 11.6 Å². The van der Waals surface area contributed by atoms with Gasteiger partial charge in [-0.15, -0.1) is 0 Å². The van der Waals surface area contributed by atoms with Gasteiger partial charge >= 0.3 is 0 Å². The highest BCUT2D eigenvalue weighted by Gasteiger charge is 2.20. The number of benzene rings is 2. The molecule has 0 aliphatic carbocycles. The quantitative estimate of drug-likeness (QED) is 0.860. The van der Waals surface area contributed by atoms with Gasteiger partial charge in [-0.05, 0) is 29.8 Å². The first kappa shape index (κ1) is 13.5.